The first-order valence-corrected chi connectivity index (χ1v) is 7.73. The fourth-order valence-electron chi connectivity index (χ4n) is 1.83. The van der Waals surface area contributed by atoms with Crippen molar-refractivity contribution in [3.8, 4) is 5.75 Å². The Morgan fingerprint density at radius 1 is 1.40 bits per heavy atom. The second-order valence-corrected chi connectivity index (χ2v) is 5.93. The van der Waals surface area contributed by atoms with Crippen molar-refractivity contribution >= 4 is 38.1 Å². The molecule has 20 heavy (non-hydrogen) atoms. The average molecular weight is 402 g/mol. The van der Waals surface area contributed by atoms with Gasteiger partial charge in [-0.3, -0.25) is 9.48 Å². The fourth-order valence-corrected chi connectivity index (χ4v) is 3.07. The normalized spacial score (nSPS) is 10.6. The van der Waals surface area contributed by atoms with E-state index in [1.807, 2.05) is 11.7 Å². The first-order chi connectivity index (χ1) is 9.56. The van der Waals surface area contributed by atoms with Crippen molar-refractivity contribution in [2.45, 2.75) is 20.0 Å². The second kappa shape index (κ2) is 6.54. The Morgan fingerprint density at radius 3 is 2.70 bits per heavy atom. The summed E-state index contributed by atoms with van der Waals surface area (Å²) in [6.45, 7) is 2.47. The van der Waals surface area contributed by atoms with Gasteiger partial charge in [0.25, 0.3) is 0 Å². The van der Waals surface area contributed by atoms with Crippen LogP contribution in [0, 0.1) is 0 Å². The molecule has 4 nitrogen and oxygen atoms in total. The summed E-state index contributed by atoms with van der Waals surface area (Å²) < 4.78 is 9.35. The Morgan fingerprint density at radius 2 is 2.15 bits per heavy atom. The lowest BCUT2D eigenvalue weighted by Crippen LogP contribution is -2.04. The van der Waals surface area contributed by atoms with Gasteiger partial charge in [-0.15, -0.1) is 0 Å². The zero-order valence-corrected chi connectivity index (χ0v) is 14.4. The fraction of sp³-hybridized carbons (Fsp3) is 0.286. The van der Waals surface area contributed by atoms with E-state index in [1.165, 1.54) is 0 Å². The summed E-state index contributed by atoms with van der Waals surface area (Å²) in [5.74, 6) is 0.696. The minimum Gasteiger partial charge on any atom is -0.486 e. The lowest BCUT2D eigenvalue weighted by atomic mass is 10.2. The van der Waals surface area contributed by atoms with E-state index in [-0.39, 0.29) is 0 Å². The van der Waals surface area contributed by atoms with Gasteiger partial charge in [-0.2, -0.15) is 5.10 Å². The number of nitrogens with zero attached hydrogens (tertiary/aromatic N) is 2. The van der Waals surface area contributed by atoms with Crippen LogP contribution >= 0.6 is 31.9 Å². The molecule has 0 saturated carbocycles. The van der Waals surface area contributed by atoms with E-state index in [0.29, 0.717) is 17.9 Å². The van der Waals surface area contributed by atoms with Crippen LogP contribution in [0.5, 0.6) is 5.75 Å². The molecule has 2 aromatic rings. The standard InChI is InChI=1S/C14H14Br2N2O2/c1-3-11-14(16)12(18(2)17-11)8-20-13-5-4-9(7-19)6-10(13)15/h4-7H,3,8H2,1-2H3. The molecular formula is C14H14Br2N2O2. The van der Waals surface area contributed by atoms with E-state index < -0.39 is 0 Å². The number of aromatic nitrogens is 2. The lowest BCUT2D eigenvalue weighted by molar-refractivity contribution is 0.112. The second-order valence-electron chi connectivity index (χ2n) is 4.28. The third kappa shape index (κ3) is 3.12. The molecule has 1 aromatic carbocycles. The third-order valence-corrected chi connectivity index (χ3v) is 4.49. The summed E-state index contributed by atoms with van der Waals surface area (Å²) in [4.78, 5) is 10.7. The van der Waals surface area contributed by atoms with Gasteiger partial charge in [0, 0.05) is 12.6 Å². The number of carbonyl (C=O) groups is 1. The molecule has 1 heterocycles. The highest BCUT2D eigenvalue weighted by Gasteiger charge is 2.13. The number of ether oxygens (including phenoxy) is 1. The smallest absolute Gasteiger partial charge is 0.150 e. The Hall–Kier alpha value is -1.14. The number of halogens is 2. The highest BCUT2D eigenvalue weighted by Crippen LogP contribution is 2.28. The molecule has 0 amide bonds. The van der Waals surface area contributed by atoms with Crippen LogP contribution in [0.25, 0.3) is 0 Å². The number of hydrogen-bond acceptors (Lipinski definition) is 3. The van der Waals surface area contributed by atoms with Crippen LogP contribution in [-0.4, -0.2) is 16.1 Å². The monoisotopic (exact) mass is 400 g/mol. The SMILES string of the molecule is CCc1nn(C)c(COc2ccc(C=O)cc2Br)c1Br. The Kier molecular flexibility index (Phi) is 4.99. The molecule has 0 fully saturated rings. The molecule has 106 valence electrons. The van der Waals surface area contributed by atoms with E-state index in [2.05, 4.69) is 43.9 Å². The van der Waals surface area contributed by atoms with Crippen molar-refractivity contribution in [2.75, 3.05) is 0 Å². The van der Waals surface area contributed by atoms with Gasteiger partial charge in [0.15, 0.2) is 0 Å². The minimum atomic E-state index is 0.406. The number of aldehydes is 1. The number of benzene rings is 1. The number of aryl methyl sites for hydroxylation is 2. The number of rotatable bonds is 5. The molecule has 0 aliphatic heterocycles. The number of carbonyl (C=O) groups excluding carboxylic acids is 1. The molecule has 0 spiro atoms. The summed E-state index contributed by atoms with van der Waals surface area (Å²) in [5, 5.41) is 4.42. The molecule has 6 heteroatoms. The van der Waals surface area contributed by atoms with Crippen LogP contribution in [0.15, 0.2) is 27.1 Å². The molecule has 0 aliphatic rings. The van der Waals surface area contributed by atoms with Crippen molar-refractivity contribution in [3.05, 3.63) is 44.1 Å². The third-order valence-electron chi connectivity index (χ3n) is 2.96. The van der Waals surface area contributed by atoms with E-state index in [1.54, 1.807) is 18.2 Å². The maximum Gasteiger partial charge on any atom is 0.150 e. The van der Waals surface area contributed by atoms with Crippen LogP contribution in [0.4, 0.5) is 0 Å². The molecule has 0 N–H and O–H groups in total. The van der Waals surface area contributed by atoms with Gasteiger partial charge in [-0.25, -0.2) is 0 Å². The molecule has 0 aliphatic carbocycles. The maximum atomic E-state index is 10.7. The maximum absolute atomic E-state index is 10.7. The molecule has 2 rings (SSSR count). The summed E-state index contributed by atoms with van der Waals surface area (Å²) >= 11 is 6.96. The molecule has 0 bridgehead atoms. The van der Waals surface area contributed by atoms with Gasteiger partial charge in [-0.1, -0.05) is 6.92 Å². The van der Waals surface area contributed by atoms with E-state index in [0.717, 1.165) is 33.0 Å². The molecule has 1 aromatic heterocycles. The van der Waals surface area contributed by atoms with Gasteiger partial charge < -0.3 is 4.74 Å². The van der Waals surface area contributed by atoms with Gasteiger partial charge >= 0.3 is 0 Å². The zero-order chi connectivity index (χ0) is 14.7. The van der Waals surface area contributed by atoms with Gasteiger partial charge in [-0.05, 0) is 56.5 Å². The topological polar surface area (TPSA) is 44.1 Å². The summed E-state index contributed by atoms with van der Waals surface area (Å²) in [6.07, 6.45) is 1.67. The summed E-state index contributed by atoms with van der Waals surface area (Å²) in [5.41, 5.74) is 2.61. The summed E-state index contributed by atoms with van der Waals surface area (Å²) in [6, 6.07) is 5.24. The van der Waals surface area contributed by atoms with Crippen molar-refractivity contribution in [2.24, 2.45) is 7.05 Å². The Bertz CT molecular complexity index is 638. The number of hydrogen-bond donors (Lipinski definition) is 0. The van der Waals surface area contributed by atoms with E-state index >= 15 is 0 Å². The van der Waals surface area contributed by atoms with Crippen LogP contribution in [0.3, 0.4) is 0 Å². The quantitative estimate of drug-likeness (QED) is 0.713. The van der Waals surface area contributed by atoms with Crippen LogP contribution in [0.1, 0.15) is 28.7 Å². The lowest BCUT2D eigenvalue weighted by Gasteiger charge is -2.09. The highest BCUT2D eigenvalue weighted by atomic mass is 79.9. The zero-order valence-electron chi connectivity index (χ0n) is 11.2. The van der Waals surface area contributed by atoms with Crippen LogP contribution in [0.2, 0.25) is 0 Å². The first-order valence-electron chi connectivity index (χ1n) is 6.14. The van der Waals surface area contributed by atoms with Crippen molar-refractivity contribution < 1.29 is 9.53 Å². The minimum absolute atomic E-state index is 0.406. The Balaban J connectivity index is 2.17. The van der Waals surface area contributed by atoms with Crippen molar-refractivity contribution in [1.29, 1.82) is 0 Å². The molecule has 0 atom stereocenters. The molecule has 0 saturated heterocycles. The van der Waals surface area contributed by atoms with Crippen LogP contribution < -0.4 is 4.74 Å². The first kappa shape index (κ1) is 15.3. The largest absolute Gasteiger partial charge is 0.486 e. The average Bonchev–Trinajstić information content (AvgIpc) is 2.72. The van der Waals surface area contributed by atoms with Gasteiger partial charge in [0.1, 0.15) is 18.6 Å². The molecule has 0 unspecified atom stereocenters. The Labute approximate surface area is 134 Å². The van der Waals surface area contributed by atoms with Crippen molar-refractivity contribution in [3.63, 3.8) is 0 Å². The molecule has 0 radical (unpaired) electrons. The van der Waals surface area contributed by atoms with Crippen molar-refractivity contribution in [1.82, 2.24) is 9.78 Å². The van der Waals surface area contributed by atoms with Crippen LogP contribution in [-0.2, 0) is 20.1 Å². The summed E-state index contributed by atoms with van der Waals surface area (Å²) in [7, 11) is 1.90. The van der Waals surface area contributed by atoms with Gasteiger partial charge in [0.2, 0.25) is 0 Å². The highest BCUT2D eigenvalue weighted by molar-refractivity contribution is 9.10. The predicted octanol–water partition coefficient (Wildman–Crippen LogP) is 3.90. The molecular weight excluding hydrogens is 388 g/mol. The van der Waals surface area contributed by atoms with E-state index in [4.69, 9.17) is 4.74 Å². The predicted molar refractivity (Wildman–Crippen MR) is 84.1 cm³/mol. The van der Waals surface area contributed by atoms with E-state index in [9.17, 15) is 4.79 Å². The van der Waals surface area contributed by atoms with Gasteiger partial charge in [0.05, 0.1) is 20.3 Å².